The van der Waals surface area contributed by atoms with Crippen molar-refractivity contribution in [1.82, 2.24) is 19.9 Å². The number of carbonyl (C=O) groups is 2. The summed E-state index contributed by atoms with van der Waals surface area (Å²) in [5, 5.41) is 53.9. The lowest BCUT2D eigenvalue weighted by atomic mass is 9.79. The fourth-order valence-electron chi connectivity index (χ4n) is 8.94. The molecule has 62 heavy (non-hydrogen) atoms. The Morgan fingerprint density at radius 1 is 0.919 bits per heavy atom. The van der Waals surface area contributed by atoms with Crippen molar-refractivity contribution >= 4 is 11.8 Å². The summed E-state index contributed by atoms with van der Waals surface area (Å²) in [5.74, 6) is -2.52. The maximum atomic E-state index is 13.9. The van der Waals surface area contributed by atoms with Gasteiger partial charge in [0.2, 0.25) is 0 Å². The van der Waals surface area contributed by atoms with Crippen LogP contribution in [0.3, 0.4) is 0 Å². The van der Waals surface area contributed by atoms with Crippen molar-refractivity contribution in [1.29, 1.82) is 0 Å². The number of methoxy groups -OCH3 is 2. The van der Waals surface area contributed by atoms with E-state index < -0.39 is 109 Å². The van der Waals surface area contributed by atoms with Crippen molar-refractivity contribution in [3.8, 4) is 0 Å². The number of likely N-dealkylation sites (N-methyl/N-ethyl adjacent to an activating group) is 1. The third-order valence-corrected chi connectivity index (χ3v) is 12.6. The minimum absolute atomic E-state index is 0.0250. The highest BCUT2D eigenvalue weighted by atomic mass is 16.7. The highest BCUT2D eigenvalue weighted by Gasteiger charge is 2.48. The Hall–Kier alpha value is -2.68. The van der Waals surface area contributed by atoms with Crippen LogP contribution in [0.15, 0.2) is 30.0 Å². The third-order valence-electron chi connectivity index (χ3n) is 12.6. The van der Waals surface area contributed by atoms with Crippen LogP contribution in [0.2, 0.25) is 0 Å². The van der Waals surface area contributed by atoms with Crippen LogP contribution in [-0.2, 0) is 55.7 Å². The van der Waals surface area contributed by atoms with Crippen LogP contribution >= 0.6 is 0 Å². The fourth-order valence-corrected chi connectivity index (χ4v) is 8.94. The molecule has 0 spiro atoms. The van der Waals surface area contributed by atoms with Crippen LogP contribution in [0.4, 0.5) is 0 Å². The van der Waals surface area contributed by atoms with Crippen molar-refractivity contribution in [2.24, 2.45) is 29.6 Å². The third kappa shape index (κ3) is 13.7. The summed E-state index contributed by atoms with van der Waals surface area (Å²) in [6.45, 7) is 15.5. The average molecular weight is 881 g/mol. The number of ketones is 1. The molecule has 17 heteroatoms. The Morgan fingerprint density at radius 3 is 2.21 bits per heavy atom. The number of allylic oxidation sites excluding steroid dienone is 3. The number of nitrogens with zero attached hydrogens (tertiary/aromatic N) is 4. The molecule has 2 saturated heterocycles. The zero-order valence-electron chi connectivity index (χ0n) is 38.9. The molecule has 1 aromatic heterocycles. The number of cyclic esters (lactones) is 1. The van der Waals surface area contributed by atoms with Crippen molar-refractivity contribution in [3.05, 3.63) is 35.7 Å². The number of hydrogen-bond donors (Lipinski definition) is 4. The number of carbonyl (C=O) groups excluding carboxylic acids is 2. The molecule has 4 heterocycles. The van der Waals surface area contributed by atoms with E-state index in [0.717, 1.165) is 17.7 Å². The predicted molar refractivity (Wildman–Crippen MR) is 228 cm³/mol. The van der Waals surface area contributed by atoms with E-state index in [2.05, 4.69) is 24.2 Å². The molecule has 4 rings (SSSR count). The molecular weight excluding hydrogens is 805 g/mol. The maximum Gasteiger partial charge on any atom is 0.308 e. The Kier molecular flexibility index (Phi) is 20.1. The molecule has 4 N–H and O–H groups in total. The second kappa shape index (κ2) is 24.0. The van der Waals surface area contributed by atoms with Gasteiger partial charge in [-0.2, -0.15) is 0 Å². The molecule has 3 aliphatic heterocycles. The molecule has 2 fully saturated rings. The van der Waals surface area contributed by atoms with Gasteiger partial charge >= 0.3 is 5.97 Å². The monoisotopic (exact) mass is 881 g/mol. The van der Waals surface area contributed by atoms with Gasteiger partial charge in [0.05, 0.1) is 55.3 Å². The van der Waals surface area contributed by atoms with Crippen LogP contribution in [0.5, 0.6) is 0 Å². The van der Waals surface area contributed by atoms with Gasteiger partial charge in [-0.1, -0.05) is 57.6 Å². The highest BCUT2D eigenvalue weighted by Crippen LogP contribution is 2.35. The number of aliphatic hydroxyl groups excluding tert-OH is 4. The fraction of sp³-hybridized carbons (Fsp3) is 0.822. The standard InChI is InChI=1S/C45H76N4O13/c1-13-35-31(23-58-45-43(57-12)42(56-11)39(54)29(8)60-45)19-25(4)14-15-33(50)26(5)20-30(16-17-49-22-32(46-47-49)18-24(2)3)41(27(6)34(51)21-36(52)61-35)62-44-40(55)37(48(9)10)38(53)28(7)59-44/h14-15,19,22,24,26-31,34-35,37-45,51,53-55H,13,16-18,20-21,23H2,1-12H3/t26-,27+,28-,29?,30+,31-,34-,35-,37?,38-,39-,40?,41-,42+,43?,44+,45-/m1/s1. The smallest absolute Gasteiger partial charge is 0.308 e. The molecule has 1 aromatic rings. The van der Waals surface area contributed by atoms with Gasteiger partial charge in [-0.15, -0.1) is 5.10 Å². The van der Waals surface area contributed by atoms with Crippen molar-refractivity contribution < 1.29 is 63.2 Å². The number of aliphatic hydroxyl groups is 4. The Balaban J connectivity index is 1.70. The topological polar surface area (TPSA) is 214 Å². The first kappa shape index (κ1) is 51.9. The van der Waals surface area contributed by atoms with Gasteiger partial charge in [-0.25, -0.2) is 0 Å². The molecule has 0 bridgehead atoms. The molecule has 4 unspecified atom stereocenters. The molecule has 17 atom stereocenters. The van der Waals surface area contributed by atoms with Gasteiger partial charge in [0, 0.05) is 44.7 Å². The number of aromatic nitrogens is 3. The summed E-state index contributed by atoms with van der Waals surface area (Å²) >= 11 is 0. The van der Waals surface area contributed by atoms with Crippen LogP contribution in [0.1, 0.15) is 86.8 Å². The van der Waals surface area contributed by atoms with E-state index >= 15 is 0 Å². The minimum atomic E-state index is -1.27. The zero-order chi connectivity index (χ0) is 46.0. The molecule has 17 nitrogen and oxygen atoms in total. The lowest BCUT2D eigenvalue weighted by molar-refractivity contribution is -0.304. The highest BCUT2D eigenvalue weighted by molar-refractivity contribution is 5.91. The van der Waals surface area contributed by atoms with E-state index in [1.54, 1.807) is 56.6 Å². The summed E-state index contributed by atoms with van der Waals surface area (Å²) in [6.07, 6.45) is -2.26. The van der Waals surface area contributed by atoms with Gasteiger partial charge in [0.1, 0.15) is 30.5 Å². The van der Waals surface area contributed by atoms with Gasteiger partial charge in [-0.3, -0.25) is 14.3 Å². The zero-order valence-corrected chi connectivity index (χ0v) is 38.9. The summed E-state index contributed by atoms with van der Waals surface area (Å²) in [7, 11) is 6.47. The lowest BCUT2D eigenvalue weighted by Gasteiger charge is -2.46. The van der Waals surface area contributed by atoms with Gasteiger partial charge in [0.25, 0.3) is 0 Å². The second-order valence-corrected chi connectivity index (χ2v) is 18.3. The molecule has 0 saturated carbocycles. The van der Waals surface area contributed by atoms with E-state index in [4.69, 9.17) is 33.2 Å². The van der Waals surface area contributed by atoms with Crippen LogP contribution in [-0.4, -0.2) is 167 Å². The first-order valence-corrected chi connectivity index (χ1v) is 22.3. The number of rotatable bonds is 14. The van der Waals surface area contributed by atoms with Crippen molar-refractivity contribution in [2.45, 2.75) is 174 Å². The van der Waals surface area contributed by atoms with E-state index in [1.165, 1.54) is 14.2 Å². The molecule has 0 aromatic carbocycles. The van der Waals surface area contributed by atoms with E-state index in [9.17, 15) is 30.0 Å². The van der Waals surface area contributed by atoms with E-state index in [0.29, 0.717) is 31.7 Å². The van der Waals surface area contributed by atoms with Crippen LogP contribution in [0.25, 0.3) is 0 Å². The molecular formula is C45H76N4O13. The quantitative estimate of drug-likeness (QED) is 0.198. The maximum absolute atomic E-state index is 13.9. The summed E-state index contributed by atoms with van der Waals surface area (Å²) in [4.78, 5) is 29.5. The SMILES string of the molecule is CC[C@H]1OC(=O)C[C@@H](O)[C@H](C)[C@@H](O[C@@H]2O[C@H](C)[C@@H](O)C(N(C)C)C2O)[C@@H](CCn2cc(CC(C)C)nn2)C[C@@H](C)C(=O)C=CC(C)=C[C@@H]1CO[C@@H]1OC(C)[C@@H](O)[C@H](OC)C1OC. The van der Waals surface area contributed by atoms with E-state index in [1.807, 2.05) is 33.0 Å². The Morgan fingerprint density at radius 2 is 1.58 bits per heavy atom. The van der Waals surface area contributed by atoms with Crippen LogP contribution < -0.4 is 0 Å². The minimum Gasteiger partial charge on any atom is -0.462 e. The molecule has 0 radical (unpaired) electrons. The Bertz CT molecular complexity index is 1610. The van der Waals surface area contributed by atoms with E-state index in [-0.39, 0.29) is 18.8 Å². The summed E-state index contributed by atoms with van der Waals surface area (Å²) in [6, 6.07) is -0.718. The first-order valence-electron chi connectivity index (χ1n) is 22.3. The van der Waals surface area contributed by atoms with Crippen molar-refractivity contribution in [3.63, 3.8) is 0 Å². The average Bonchev–Trinajstić information content (AvgIpc) is 3.66. The normalized spacial score (nSPS) is 38.4. The lowest BCUT2D eigenvalue weighted by Crippen LogP contribution is -2.63. The number of ether oxygens (including phenoxy) is 7. The molecule has 354 valence electrons. The number of esters is 1. The molecule has 3 aliphatic rings. The largest absolute Gasteiger partial charge is 0.462 e. The molecule has 0 amide bonds. The van der Waals surface area contributed by atoms with Crippen LogP contribution in [0, 0.1) is 29.6 Å². The number of hydrogen-bond acceptors (Lipinski definition) is 16. The summed E-state index contributed by atoms with van der Waals surface area (Å²) < 4.78 is 44.2. The van der Waals surface area contributed by atoms with Gasteiger partial charge in [0.15, 0.2) is 18.4 Å². The van der Waals surface area contributed by atoms with Gasteiger partial charge in [-0.05, 0) is 78.5 Å². The Labute approximate surface area is 368 Å². The van der Waals surface area contributed by atoms with Crippen molar-refractivity contribution in [2.75, 3.05) is 34.9 Å². The summed E-state index contributed by atoms with van der Waals surface area (Å²) in [5.41, 5.74) is 1.60. The molecule has 0 aliphatic carbocycles. The van der Waals surface area contributed by atoms with Gasteiger partial charge < -0.3 is 58.5 Å². The second-order valence-electron chi connectivity index (χ2n) is 18.3. The number of aryl methyl sites for hydroxylation is 1. The predicted octanol–water partition coefficient (Wildman–Crippen LogP) is 2.85. The first-order chi connectivity index (χ1) is 29.3.